The number of hydrogen-bond acceptors (Lipinski definition) is 5. The predicted octanol–water partition coefficient (Wildman–Crippen LogP) is 3.16. The van der Waals surface area contributed by atoms with Gasteiger partial charge in [0.05, 0.1) is 23.5 Å². The number of carbonyl (C=O) groups is 1. The molecule has 2 aromatic carbocycles. The summed E-state index contributed by atoms with van der Waals surface area (Å²) in [6.07, 6.45) is -6.80. The van der Waals surface area contributed by atoms with Gasteiger partial charge in [0, 0.05) is 12.1 Å². The Balaban J connectivity index is 1.90. The van der Waals surface area contributed by atoms with Crippen LogP contribution in [0, 0.1) is 15.9 Å². The van der Waals surface area contributed by atoms with Crippen molar-refractivity contribution < 1.29 is 32.4 Å². The highest BCUT2D eigenvalue weighted by molar-refractivity contribution is 6.03. The first-order chi connectivity index (χ1) is 13.5. The largest absolute Gasteiger partial charge is 0.438 e. The molecule has 0 unspecified atom stereocenters. The van der Waals surface area contributed by atoms with Crippen molar-refractivity contribution in [3.05, 3.63) is 75.6 Å². The fourth-order valence-electron chi connectivity index (χ4n) is 2.82. The molecule has 1 heterocycles. The molecule has 0 radical (unpaired) electrons. The van der Waals surface area contributed by atoms with Crippen LogP contribution in [0.4, 0.5) is 23.2 Å². The molecule has 0 saturated carbocycles. The summed E-state index contributed by atoms with van der Waals surface area (Å²) in [6.45, 7) is 0. The minimum Gasteiger partial charge on any atom is -0.362 e. The number of aliphatic hydroxyl groups is 1. The minimum absolute atomic E-state index is 0.0346. The summed E-state index contributed by atoms with van der Waals surface area (Å²) in [6, 6.07) is 9.08. The Hall–Kier alpha value is -3.34. The average molecular weight is 411 g/mol. The molecule has 1 N–H and O–H groups in total. The Bertz CT molecular complexity index is 974. The summed E-state index contributed by atoms with van der Waals surface area (Å²) in [5.74, 6) is -1.76. The number of non-ortho nitro benzene ring substituents is 1. The lowest BCUT2D eigenvalue weighted by Crippen LogP contribution is -2.57. The van der Waals surface area contributed by atoms with E-state index in [9.17, 15) is 37.6 Å². The third-order valence-electron chi connectivity index (χ3n) is 4.36. The standard InChI is InChI=1S/C18H13F4N3O4/c19-13-5-3-12(4-6-13)15-10-17(27,18(20,21)22)24(23-15)16(26)9-11-1-7-14(8-2-11)25(28)29/h1-8,27H,9-10H2/t17-/m1/s1. The van der Waals surface area contributed by atoms with E-state index in [1.54, 1.807) is 0 Å². The number of rotatable bonds is 4. The molecule has 0 spiro atoms. The molecule has 1 amide bonds. The molecular formula is C18H13F4N3O4. The highest BCUT2D eigenvalue weighted by Crippen LogP contribution is 2.41. The van der Waals surface area contributed by atoms with E-state index in [0.29, 0.717) is 0 Å². The average Bonchev–Trinajstić information content (AvgIpc) is 3.02. The van der Waals surface area contributed by atoms with Gasteiger partial charge < -0.3 is 5.11 Å². The second-order valence-corrected chi connectivity index (χ2v) is 6.35. The molecule has 2 aromatic rings. The fourth-order valence-corrected chi connectivity index (χ4v) is 2.82. The lowest BCUT2D eigenvalue weighted by atomic mass is 10.0. The third-order valence-corrected chi connectivity index (χ3v) is 4.36. The number of hydrogen-bond donors (Lipinski definition) is 1. The second-order valence-electron chi connectivity index (χ2n) is 6.35. The zero-order chi connectivity index (χ0) is 21.4. The number of benzene rings is 2. The number of nitro groups is 1. The SMILES string of the molecule is O=C(Cc1ccc([N+](=O)[O-])cc1)N1N=C(c2ccc(F)cc2)C[C@@]1(O)C(F)(F)F. The Morgan fingerprint density at radius 3 is 2.28 bits per heavy atom. The monoisotopic (exact) mass is 411 g/mol. The number of nitro benzene ring substituents is 1. The van der Waals surface area contributed by atoms with Crippen molar-refractivity contribution in [3.8, 4) is 0 Å². The van der Waals surface area contributed by atoms with Gasteiger partial charge in [0.2, 0.25) is 5.91 Å². The quantitative estimate of drug-likeness (QED) is 0.475. The molecule has 29 heavy (non-hydrogen) atoms. The van der Waals surface area contributed by atoms with Gasteiger partial charge in [-0.25, -0.2) is 4.39 Å². The van der Waals surface area contributed by atoms with Gasteiger partial charge in [-0.05, 0) is 23.3 Å². The Kier molecular flexibility index (Phi) is 5.09. The van der Waals surface area contributed by atoms with E-state index in [4.69, 9.17) is 0 Å². The second kappa shape index (κ2) is 7.24. The molecule has 7 nitrogen and oxygen atoms in total. The fraction of sp³-hybridized carbons (Fsp3) is 0.222. The summed E-state index contributed by atoms with van der Waals surface area (Å²) in [5.41, 5.74) is -3.71. The van der Waals surface area contributed by atoms with Crippen LogP contribution in [0.15, 0.2) is 53.6 Å². The molecule has 1 atom stereocenters. The van der Waals surface area contributed by atoms with Crippen LogP contribution in [-0.2, 0) is 11.2 Å². The Morgan fingerprint density at radius 2 is 1.76 bits per heavy atom. The maximum atomic E-state index is 13.5. The van der Waals surface area contributed by atoms with E-state index in [1.807, 2.05) is 0 Å². The smallest absolute Gasteiger partial charge is 0.362 e. The minimum atomic E-state index is -5.20. The van der Waals surface area contributed by atoms with Crippen LogP contribution in [0.1, 0.15) is 17.5 Å². The molecule has 1 aliphatic heterocycles. The van der Waals surface area contributed by atoms with Crippen molar-refractivity contribution in [2.24, 2.45) is 5.10 Å². The molecule has 0 saturated heterocycles. The zero-order valence-corrected chi connectivity index (χ0v) is 14.6. The van der Waals surface area contributed by atoms with Crippen molar-refractivity contribution in [3.63, 3.8) is 0 Å². The number of halogens is 4. The molecule has 152 valence electrons. The molecule has 0 fully saturated rings. The third kappa shape index (κ3) is 3.94. The number of nitrogens with zero attached hydrogens (tertiary/aromatic N) is 3. The molecule has 0 aliphatic carbocycles. The Labute approximate surface area is 161 Å². The van der Waals surface area contributed by atoms with Crippen molar-refractivity contribution in [1.29, 1.82) is 0 Å². The van der Waals surface area contributed by atoms with Crippen LogP contribution >= 0.6 is 0 Å². The number of alkyl halides is 3. The summed E-state index contributed by atoms with van der Waals surface area (Å²) in [7, 11) is 0. The molecular weight excluding hydrogens is 398 g/mol. The van der Waals surface area contributed by atoms with Crippen LogP contribution < -0.4 is 0 Å². The lowest BCUT2D eigenvalue weighted by molar-refractivity contribution is -0.384. The van der Waals surface area contributed by atoms with Crippen LogP contribution in [-0.4, -0.2) is 38.6 Å². The molecule has 1 aliphatic rings. The van der Waals surface area contributed by atoms with E-state index in [-0.39, 0.29) is 27.5 Å². The number of amides is 1. The van der Waals surface area contributed by atoms with E-state index in [0.717, 1.165) is 24.3 Å². The molecule has 0 bridgehead atoms. The van der Waals surface area contributed by atoms with Crippen LogP contribution in [0.25, 0.3) is 0 Å². The Morgan fingerprint density at radius 1 is 1.17 bits per heavy atom. The van der Waals surface area contributed by atoms with Gasteiger partial charge in [-0.3, -0.25) is 14.9 Å². The van der Waals surface area contributed by atoms with Gasteiger partial charge in [-0.15, -0.1) is 0 Å². The molecule has 3 rings (SSSR count). The maximum Gasteiger partial charge on any atom is 0.438 e. The summed E-state index contributed by atoms with van der Waals surface area (Å²) in [4.78, 5) is 22.5. The summed E-state index contributed by atoms with van der Waals surface area (Å²) < 4.78 is 53.7. The van der Waals surface area contributed by atoms with E-state index >= 15 is 0 Å². The van der Waals surface area contributed by atoms with Crippen molar-refractivity contribution >= 4 is 17.3 Å². The first-order valence-corrected chi connectivity index (χ1v) is 8.20. The van der Waals surface area contributed by atoms with Gasteiger partial charge in [-0.2, -0.15) is 23.3 Å². The molecule has 0 aromatic heterocycles. The normalized spacial score (nSPS) is 19.2. The van der Waals surface area contributed by atoms with Gasteiger partial charge in [0.15, 0.2) is 0 Å². The first kappa shape index (κ1) is 20.4. The number of hydrazone groups is 1. The predicted molar refractivity (Wildman–Crippen MR) is 92.2 cm³/mol. The van der Waals surface area contributed by atoms with Gasteiger partial charge in [-0.1, -0.05) is 24.3 Å². The van der Waals surface area contributed by atoms with Crippen molar-refractivity contribution in [1.82, 2.24) is 5.01 Å². The van der Waals surface area contributed by atoms with Crippen molar-refractivity contribution in [2.45, 2.75) is 24.7 Å². The van der Waals surface area contributed by atoms with Gasteiger partial charge >= 0.3 is 6.18 Å². The maximum absolute atomic E-state index is 13.5. The van der Waals surface area contributed by atoms with E-state index < -0.39 is 41.4 Å². The zero-order valence-electron chi connectivity index (χ0n) is 14.6. The van der Waals surface area contributed by atoms with E-state index in [1.165, 1.54) is 24.3 Å². The highest BCUT2D eigenvalue weighted by Gasteiger charge is 2.63. The van der Waals surface area contributed by atoms with Gasteiger partial charge in [0.25, 0.3) is 11.4 Å². The van der Waals surface area contributed by atoms with E-state index in [2.05, 4.69) is 5.10 Å². The van der Waals surface area contributed by atoms with Gasteiger partial charge in [0.1, 0.15) is 5.82 Å². The first-order valence-electron chi connectivity index (χ1n) is 8.20. The van der Waals surface area contributed by atoms with Crippen molar-refractivity contribution in [2.75, 3.05) is 0 Å². The highest BCUT2D eigenvalue weighted by atomic mass is 19.4. The lowest BCUT2D eigenvalue weighted by Gasteiger charge is -2.32. The number of carbonyl (C=O) groups excluding carboxylic acids is 1. The van der Waals surface area contributed by atoms with Crippen LogP contribution in [0.2, 0.25) is 0 Å². The van der Waals surface area contributed by atoms with Crippen LogP contribution in [0.5, 0.6) is 0 Å². The molecule has 11 heteroatoms. The topological polar surface area (TPSA) is 96.0 Å². The summed E-state index contributed by atoms with van der Waals surface area (Å²) in [5, 5.41) is 24.5. The van der Waals surface area contributed by atoms with Crippen LogP contribution in [0.3, 0.4) is 0 Å². The summed E-state index contributed by atoms with van der Waals surface area (Å²) >= 11 is 0.